The molecule has 1 N–H and O–H groups in total. The van der Waals surface area contributed by atoms with Gasteiger partial charge in [0.25, 0.3) is 0 Å². The van der Waals surface area contributed by atoms with Crippen LogP contribution in [0.3, 0.4) is 0 Å². The molecular formula is C16H26N2O. The second-order valence-corrected chi connectivity index (χ2v) is 5.39. The zero-order valence-electron chi connectivity index (χ0n) is 12.0. The minimum Gasteiger partial charge on any atom is -0.378 e. The SMILES string of the molecule is CCNC(CCC1CCCCO1)Cc1cccnc1. The van der Waals surface area contributed by atoms with E-state index >= 15 is 0 Å². The molecule has 0 spiro atoms. The Bertz CT molecular complexity index is 336. The van der Waals surface area contributed by atoms with Crippen LogP contribution in [-0.4, -0.2) is 30.3 Å². The predicted octanol–water partition coefficient (Wildman–Crippen LogP) is 2.95. The summed E-state index contributed by atoms with van der Waals surface area (Å²) in [7, 11) is 0. The van der Waals surface area contributed by atoms with E-state index in [9.17, 15) is 0 Å². The normalized spacial score (nSPS) is 21.2. The van der Waals surface area contributed by atoms with Gasteiger partial charge in [-0.3, -0.25) is 4.98 Å². The van der Waals surface area contributed by atoms with Crippen LogP contribution < -0.4 is 5.32 Å². The van der Waals surface area contributed by atoms with Crippen LogP contribution in [0.1, 0.15) is 44.6 Å². The Morgan fingerprint density at radius 2 is 2.42 bits per heavy atom. The van der Waals surface area contributed by atoms with Gasteiger partial charge in [0.2, 0.25) is 0 Å². The number of hydrogen-bond acceptors (Lipinski definition) is 3. The molecule has 2 rings (SSSR count). The maximum Gasteiger partial charge on any atom is 0.0575 e. The molecule has 1 fully saturated rings. The first kappa shape index (κ1) is 14.5. The molecule has 0 aliphatic carbocycles. The summed E-state index contributed by atoms with van der Waals surface area (Å²) in [6.07, 6.45) is 11.5. The molecule has 1 saturated heterocycles. The second kappa shape index (κ2) is 8.28. The molecule has 3 heteroatoms. The van der Waals surface area contributed by atoms with Gasteiger partial charge in [-0.1, -0.05) is 13.0 Å². The lowest BCUT2D eigenvalue weighted by Gasteiger charge is -2.25. The Kier molecular flexibility index (Phi) is 6.31. The standard InChI is InChI=1S/C16H26N2O/c1-2-18-15(12-14-6-5-10-17-13-14)8-9-16-7-3-4-11-19-16/h5-6,10,13,15-16,18H,2-4,7-9,11-12H2,1H3. The summed E-state index contributed by atoms with van der Waals surface area (Å²) >= 11 is 0. The smallest absolute Gasteiger partial charge is 0.0575 e. The van der Waals surface area contributed by atoms with E-state index in [1.54, 1.807) is 0 Å². The molecular weight excluding hydrogens is 236 g/mol. The van der Waals surface area contributed by atoms with Gasteiger partial charge in [-0.05, 0) is 56.7 Å². The third kappa shape index (κ3) is 5.29. The Hall–Kier alpha value is -0.930. The van der Waals surface area contributed by atoms with Crippen LogP contribution in [0.4, 0.5) is 0 Å². The van der Waals surface area contributed by atoms with Gasteiger partial charge in [-0.25, -0.2) is 0 Å². The Morgan fingerprint density at radius 1 is 1.47 bits per heavy atom. The summed E-state index contributed by atoms with van der Waals surface area (Å²) in [5.41, 5.74) is 1.32. The van der Waals surface area contributed by atoms with E-state index in [0.29, 0.717) is 12.1 Å². The highest BCUT2D eigenvalue weighted by atomic mass is 16.5. The van der Waals surface area contributed by atoms with Crippen LogP contribution in [0.5, 0.6) is 0 Å². The van der Waals surface area contributed by atoms with Gasteiger partial charge in [0.15, 0.2) is 0 Å². The molecule has 1 aromatic rings. The number of likely N-dealkylation sites (N-methyl/N-ethyl adjacent to an activating group) is 1. The average Bonchev–Trinajstić information content (AvgIpc) is 2.47. The number of nitrogens with zero attached hydrogens (tertiary/aromatic N) is 1. The fraction of sp³-hybridized carbons (Fsp3) is 0.688. The van der Waals surface area contributed by atoms with Gasteiger partial charge in [0.05, 0.1) is 6.10 Å². The third-order valence-corrected chi connectivity index (χ3v) is 3.81. The third-order valence-electron chi connectivity index (χ3n) is 3.81. The van der Waals surface area contributed by atoms with Crippen molar-refractivity contribution in [3.05, 3.63) is 30.1 Å². The first-order valence-electron chi connectivity index (χ1n) is 7.62. The first-order chi connectivity index (χ1) is 9.38. The molecule has 2 heterocycles. The van der Waals surface area contributed by atoms with E-state index < -0.39 is 0 Å². The highest BCUT2D eigenvalue weighted by Gasteiger charge is 2.16. The maximum atomic E-state index is 5.82. The molecule has 1 aliphatic heterocycles. The summed E-state index contributed by atoms with van der Waals surface area (Å²) in [5.74, 6) is 0. The molecule has 2 unspecified atom stereocenters. The fourth-order valence-electron chi connectivity index (χ4n) is 2.79. The molecule has 2 atom stereocenters. The second-order valence-electron chi connectivity index (χ2n) is 5.39. The molecule has 1 aromatic heterocycles. The van der Waals surface area contributed by atoms with E-state index in [0.717, 1.165) is 19.6 Å². The number of hydrogen-bond donors (Lipinski definition) is 1. The Labute approximate surface area is 116 Å². The van der Waals surface area contributed by atoms with Crippen LogP contribution in [0.2, 0.25) is 0 Å². The number of rotatable bonds is 7. The topological polar surface area (TPSA) is 34.1 Å². The van der Waals surface area contributed by atoms with Crippen molar-refractivity contribution < 1.29 is 4.74 Å². The zero-order chi connectivity index (χ0) is 13.3. The maximum absolute atomic E-state index is 5.82. The number of nitrogens with one attached hydrogen (secondary N) is 1. The molecule has 0 aromatic carbocycles. The van der Waals surface area contributed by atoms with Crippen molar-refractivity contribution in [1.29, 1.82) is 0 Å². The van der Waals surface area contributed by atoms with Gasteiger partial charge < -0.3 is 10.1 Å². The lowest BCUT2D eigenvalue weighted by atomic mass is 9.98. The largest absolute Gasteiger partial charge is 0.378 e. The molecule has 3 nitrogen and oxygen atoms in total. The van der Waals surface area contributed by atoms with Gasteiger partial charge in [-0.2, -0.15) is 0 Å². The van der Waals surface area contributed by atoms with Crippen molar-refractivity contribution in [2.75, 3.05) is 13.2 Å². The monoisotopic (exact) mass is 262 g/mol. The van der Waals surface area contributed by atoms with Gasteiger partial charge in [0, 0.05) is 25.0 Å². The van der Waals surface area contributed by atoms with Crippen LogP contribution >= 0.6 is 0 Å². The summed E-state index contributed by atoms with van der Waals surface area (Å²) in [5, 5.41) is 3.59. The van der Waals surface area contributed by atoms with Crippen LogP contribution in [0.25, 0.3) is 0 Å². The van der Waals surface area contributed by atoms with E-state index in [1.807, 2.05) is 18.5 Å². The molecule has 1 aliphatic rings. The highest BCUT2D eigenvalue weighted by Crippen LogP contribution is 2.18. The minimum atomic E-state index is 0.490. The number of pyridine rings is 1. The fourth-order valence-corrected chi connectivity index (χ4v) is 2.79. The molecule has 19 heavy (non-hydrogen) atoms. The van der Waals surface area contributed by atoms with Crippen LogP contribution in [-0.2, 0) is 11.2 Å². The van der Waals surface area contributed by atoms with E-state index in [4.69, 9.17) is 4.74 Å². The lowest BCUT2D eigenvalue weighted by molar-refractivity contribution is 0.00860. The van der Waals surface area contributed by atoms with Crippen molar-refractivity contribution in [3.63, 3.8) is 0 Å². The number of ether oxygens (including phenoxy) is 1. The van der Waals surface area contributed by atoms with Gasteiger partial charge >= 0.3 is 0 Å². The predicted molar refractivity (Wildman–Crippen MR) is 78.2 cm³/mol. The van der Waals surface area contributed by atoms with Gasteiger partial charge in [0.1, 0.15) is 0 Å². The summed E-state index contributed by atoms with van der Waals surface area (Å²) in [6.45, 7) is 4.16. The molecule has 106 valence electrons. The quantitative estimate of drug-likeness (QED) is 0.820. The highest BCUT2D eigenvalue weighted by molar-refractivity contribution is 5.10. The van der Waals surface area contributed by atoms with Crippen molar-refractivity contribution >= 4 is 0 Å². The van der Waals surface area contributed by atoms with Crippen molar-refractivity contribution in [1.82, 2.24) is 10.3 Å². The van der Waals surface area contributed by atoms with Crippen molar-refractivity contribution in [2.45, 2.75) is 57.6 Å². The zero-order valence-corrected chi connectivity index (χ0v) is 12.0. The molecule has 0 bridgehead atoms. The van der Waals surface area contributed by atoms with E-state index in [1.165, 1.54) is 37.7 Å². The lowest BCUT2D eigenvalue weighted by Crippen LogP contribution is -2.32. The minimum absolute atomic E-state index is 0.490. The van der Waals surface area contributed by atoms with Crippen LogP contribution in [0.15, 0.2) is 24.5 Å². The summed E-state index contributed by atoms with van der Waals surface area (Å²) in [4.78, 5) is 4.20. The summed E-state index contributed by atoms with van der Waals surface area (Å²) in [6, 6.07) is 4.72. The van der Waals surface area contributed by atoms with Crippen molar-refractivity contribution in [2.24, 2.45) is 0 Å². The first-order valence-corrected chi connectivity index (χ1v) is 7.62. The average molecular weight is 262 g/mol. The summed E-state index contributed by atoms with van der Waals surface area (Å²) < 4.78 is 5.82. The van der Waals surface area contributed by atoms with Crippen LogP contribution in [0, 0.1) is 0 Å². The van der Waals surface area contributed by atoms with E-state index in [-0.39, 0.29) is 0 Å². The Balaban J connectivity index is 1.78. The van der Waals surface area contributed by atoms with Crippen molar-refractivity contribution in [3.8, 4) is 0 Å². The van der Waals surface area contributed by atoms with E-state index in [2.05, 4.69) is 23.3 Å². The van der Waals surface area contributed by atoms with Gasteiger partial charge in [-0.15, -0.1) is 0 Å². The molecule has 0 radical (unpaired) electrons. The molecule has 0 saturated carbocycles. The number of aromatic nitrogens is 1. The Morgan fingerprint density at radius 3 is 3.11 bits per heavy atom. The molecule has 0 amide bonds.